The Morgan fingerprint density at radius 2 is 1.50 bits per heavy atom. The van der Waals surface area contributed by atoms with Crippen molar-refractivity contribution in [1.29, 1.82) is 0 Å². The van der Waals surface area contributed by atoms with E-state index in [1.165, 1.54) is 12.1 Å². The molecule has 0 atom stereocenters. The molecule has 2 nitrogen and oxygen atoms in total. The summed E-state index contributed by atoms with van der Waals surface area (Å²) in [6.07, 6.45) is 0. The van der Waals surface area contributed by atoms with Gasteiger partial charge in [-0.25, -0.2) is 4.39 Å². The van der Waals surface area contributed by atoms with Gasteiger partial charge in [0.2, 0.25) is 0 Å². The van der Waals surface area contributed by atoms with E-state index in [0.29, 0.717) is 0 Å². The predicted molar refractivity (Wildman–Crippen MR) is 47.7 cm³/mol. The molecule has 1 rings (SSSR count). The van der Waals surface area contributed by atoms with Gasteiger partial charge in [-0.3, -0.25) is 0 Å². The van der Waals surface area contributed by atoms with Crippen LogP contribution in [-0.2, 0) is 0 Å². The molecule has 1 aromatic rings. The summed E-state index contributed by atoms with van der Waals surface area (Å²) in [6, 6.07) is 6.12. The molecule has 0 fully saturated rings. The Balaban J connectivity index is 0. The van der Waals surface area contributed by atoms with E-state index in [4.69, 9.17) is 21.8 Å². The fourth-order valence-electron chi connectivity index (χ4n) is 0.439. The zero-order valence-corrected chi connectivity index (χ0v) is 7.72. The van der Waals surface area contributed by atoms with E-state index >= 15 is 0 Å². The number of halogens is 2. The van der Waals surface area contributed by atoms with Crippen LogP contribution in [0.4, 0.5) is 4.39 Å². The highest BCUT2D eigenvalue weighted by molar-refractivity contribution is 6.30. The molecule has 2 N–H and O–H groups in total. The highest BCUT2D eigenvalue weighted by Gasteiger charge is 1.91. The van der Waals surface area contributed by atoms with Crippen LogP contribution in [0, 0.1) is 5.82 Å². The Bertz CT molecular complexity index is 173. The lowest BCUT2D eigenvalue weighted by Gasteiger charge is -1.86. The molecule has 0 aliphatic heterocycles. The Morgan fingerprint density at radius 1 is 1.08 bits per heavy atom. The molecule has 0 heterocycles. The summed E-state index contributed by atoms with van der Waals surface area (Å²) in [7, 11) is 2.00. The SMILES string of the molecule is CO.CO.Fc1ccccc1Cl. The molecule has 0 saturated heterocycles. The third-order valence-electron chi connectivity index (χ3n) is 0.824. The third-order valence-corrected chi connectivity index (χ3v) is 1.13. The lowest BCUT2D eigenvalue weighted by molar-refractivity contribution is 0.399. The molecule has 12 heavy (non-hydrogen) atoms. The number of benzene rings is 1. The van der Waals surface area contributed by atoms with Gasteiger partial charge in [0.1, 0.15) is 5.82 Å². The van der Waals surface area contributed by atoms with E-state index in [9.17, 15) is 4.39 Å². The van der Waals surface area contributed by atoms with Crippen LogP contribution in [0.25, 0.3) is 0 Å². The Kier molecular flexibility index (Phi) is 12.0. The van der Waals surface area contributed by atoms with Crippen LogP contribution in [-0.4, -0.2) is 24.4 Å². The van der Waals surface area contributed by atoms with Gasteiger partial charge in [0, 0.05) is 14.2 Å². The highest BCUT2D eigenvalue weighted by atomic mass is 35.5. The summed E-state index contributed by atoms with van der Waals surface area (Å²) in [5.74, 6) is -0.367. The second-order valence-electron chi connectivity index (χ2n) is 1.41. The lowest BCUT2D eigenvalue weighted by atomic mass is 10.4. The Hall–Kier alpha value is -0.640. The first-order valence-electron chi connectivity index (χ1n) is 3.10. The molecule has 0 spiro atoms. The van der Waals surface area contributed by atoms with Gasteiger partial charge in [-0.15, -0.1) is 0 Å². The molecule has 4 heteroatoms. The van der Waals surface area contributed by atoms with Crippen LogP contribution in [0.2, 0.25) is 5.02 Å². The van der Waals surface area contributed by atoms with Gasteiger partial charge in [-0.05, 0) is 12.1 Å². The van der Waals surface area contributed by atoms with Gasteiger partial charge in [0.05, 0.1) is 5.02 Å². The van der Waals surface area contributed by atoms with Crippen molar-refractivity contribution in [2.24, 2.45) is 0 Å². The smallest absolute Gasteiger partial charge is 0.141 e. The summed E-state index contributed by atoms with van der Waals surface area (Å²) in [6.45, 7) is 0. The number of hydrogen-bond acceptors (Lipinski definition) is 2. The van der Waals surface area contributed by atoms with Crippen molar-refractivity contribution in [2.45, 2.75) is 0 Å². The van der Waals surface area contributed by atoms with Crippen LogP contribution in [0.5, 0.6) is 0 Å². The zero-order chi connectivity index (χ0) is 9.98. The topological polar surface area (TPSA) is 40.5 Å². The maximum Gasteiger partial charge on any atom is 0.141 e. The molecule has 0 unspecified atom stereocenters. The third kappa shape index (κ3) is 6.09. The van der Waals surface area contributed by atoms with Gasteiger partial charge < -0.3 is 10.2 Å². The molecular formula is C8H12ClFO2. The minimum atomic E-state index is -0.367. The van der Waals surface area contributed by atoms with Crippen molar-refractivity contribution in [1.82, 2.24) is 0 Å². The number of aliphatic hydroxyl groups excluding tert-OH is 2. The van der Waals surface area contributed by atoms with Crippen LogP contribution >= 0.6 is 11.6 Å². The van der Waals surface area contributed by atoms with E-state index < -0.39 is 0 Å². The largest absolute Gasteiger partial charge is 0.400 e. The minimum Gasteiger partial charge on any atom is -0.400 e. The van der Waals surface area contributed by atoms with Crippen molar-refractivity contribution in [2.75, 3.05) is 14.2 Å². The fraction of sp³-hybridized carbons (Fsp3) is 0.250. The quantitative estimate of drug-likeness (QED) is 0.660. The predicted octanol–water partition coefficient (Wildman–Crippen LogP) is 1.70. The Labute approximate surface area is 76.2 Å². The van der Waals surface area contributed by atoms with Crippen molar-refractivity contribution in [3.8, 4) is 0 Å². The van der Waals surface area contributed by atoms with Crippen molar-refractivity contribution < 1.29 is 14.6 Å². The standard InChI is InChI=1S/C6H4ClF.2CH4O/c7-5-3-1-2-4-6(5)8;2*1-2/h1-4H;2*2H,1H3. The van der Waals surface area contributed by atoms with Gasteiger partial charge in [-0.1, -0.05) is 23.7 Å². The first kappa shape index (κ1) is 13.9. The summed E-state index contributed by atoms with van der Waals surface area (Å²) >= 11 is 5.33. The maximum absolute atomic E-state index is 12.2. The normalized spacial score (nSPS) is 7.17. The van der Waals surface area contributed by atoms with Crippen molar-refractivity contribution in [3.05, 3.63) is 35.1 Å². The molecular weight excluding hydrogens is 183 g/mol. The molecule has 0 aliphatic rings. The van der Waals surface area contributed by atoms with E-state index in [2.05, 4.69) is 0 Å². The number of rotatable bonds is 0. The summed E-state index contributed by atoms with van der Waals surface area (Å²) in [4.78, 5) is 0. The van der Waals surface area contributed by atoms with E-state index in [0.717, 1.165) is 14.2 Å². The van der Waals surface area contributed by atoms with Gasteiger partial charge in [0.25, 0.3) is 0 Å². The molecule has 0 amide bonds. The molecule has 0 saturated carbocycles. The van der Waals surface area contributed by atoms with Gasteiger partial charge in [-0.2, -0.15) is 0 Å². The second-order valence-corrected chi connectivity index (χ2v) is 1.82. The van der Waals surface area contributed by atoms with E-state index in [1.54, 1.807) is 12.1 Å². The fourth-order valence-corrected chi connectivity index (χ4v) is 0.575. The maximum atomic E-state index is 12.2. The first-order chi connectivity index (χ1) is 5.80. The number of aliphatic hydroxyl groups is 2. The van der Waals surface area contributed by atoms with Crippen LogP contribution in [0.15, 0.2) is 24.3 Å². The van der Waals surface area contributed by atoms with Crippen LogP contribution < -0.4 is 0 Å². The average Bonchev–Trinajstić information content (AvgIpc) is 2.17. The highest BCUT2D eigenvalue weighted by Crippen LogP contribution is 2.11. The average molecular weight is 195 g/mol. The van der Waals surface area contributed by atoms with Gasteiger partial charge in [0.15, 0.2) is 0 Å². The van der Waals surface area contributed by atoms with E-state index in [-0.39, 0.29) is 10.8 Å². The second kappa shape index (κ2) is 10.4. The van der Waals surface area contributed by atoms with Crippen LogP contribution in [0.1, 0.15) is 0 Å². The summed E-state index contributed by atoms with van der Waals surface area (Å²) < 4.78 is 12.2. The summed E-state index contributed by atoms with van der Waals surface area (Å²) in [5, 5.41) is 14.2. The Morgan fingerprint density at radius 3 is 1.75 bits per heavy atom. The van der Waals surface area contributed by atoms with Crippen LogP contribution in [0.3, 0.4) is 0 Å². The molecule has 70 valence electrons. The van der Waals surface area contributed by atoms with Crippen molar-refractivity contribution in [3.63, 3.8) is 0 Å². The monoisotopic (exact) mass is 194 g/mol. The lowest BCUT2D eigenvalue weighted by Crippen LogP contribution is -1.70. The molecule has 1 aromatic carbocycles. The first-order valence-corrected chi connectivity index (χ1v) is 3.48. The van der Waals surface area contributed by atoms with E-state index in [1.807, 2.05) is 0 Å². The summed E-state index contributed by atoms with van der Waals surface area (Å²) in [5.41, 5.74) is 0. The minimum absolute atomic E-state index is 0.174. The zero-order valence-electron chi connectivity index (χ0n) is 6.96. The molecule has 0 radical (unpaired) electrons. The van der Waals surface area contributed by atoms with Crippen molar-refractivity contribution >= 4 is 11.6 Å². The molecule has 0 aromatic heterocycles. The molecule has 0 bridgehead atoms. The number of hydrogen-bond donors (Lipinski definition) is 2. The van der Waals surface area contributed by atoms with Gasteiger partial charge >= 0.3 is 0 Å². The molecule has 0 aliphatic carbocycles.